The number of rotatable bonds is 8. The maximum absolute atomic E-state index is 13.3. The van der Waals surface area contributed by atoms with Gasteiger partial charge in [0.2, 0.25) is 15.9 Å². The molecule has 3 rings (SSSR count). The number of nitrogens with zero attached hydrogens (tertiary/aromatic N) is 3. The number of halogens is 1. The van der Waals surface area contributed by atoms with E-state index in [-0.39, 0.29) is 42.4 Å². The second-order valence-electron chi connectivity index (χ2n) is 7.56. The van der Waals surface area contributed by atoms with Crippen LogP contribution >= 0.6 is 0 Å². The Morgan fingerprint density at radius 3 is 2.27 bits per heavy atom. The number of anilines is 1. The molecule has 0 spiro atoms. The summed E-state index contributed by atoms with van der Waals surface area (Å²) in [7, 11) is -7.16. The average molecular weight is 458 g/mol. The third-order valence-electron chi connectivity index (χ3n) is 4.51. The molecule has 1 aliphatic heterocycles. The van der Waals surface area contributed by atoms with Crippen LogP contribution in [-0.2, 0) is 20.0 Å². The quantitative estimate of drug-likeness (QED) is 0.602. The summed E-state index contributed by atoms with van der Waals surface area (Å²) in [6.07, 6.45) is 2.01. The minimum absolute atomic E-state index is 0.0220. The first-order chi connectivity index (χ1) is 14.0. The van der Waals surface area contributed by atoms with Crippen molar-refractivity contribution in [2.45, 2.75) is 24.8 Å². The smallest absolute Gasteiger partial charge is 0.265 e. The molecule has 30 heavy (non-hydrogen) atoms. The first kappa shape index (κ1) is 22.4. The highest BCUT2D eigenvalue weighted by Crippen LogP contribution is 2.26. The van der Waals surface area contributed by atoms with Crippen LogP contribution in [0.2, 0.25) is 0 Å². The lowest BCUT2D eigenvalue weighted by atomic mass is 10.2. The van der Waals surface area contributed by atoms with Gasteiger partial charge in [-0.05, 0) is 36.2 Å². The van der Waals surface area contributed by atoms with E-state index in [1.807, 2.05) is 13.8 Å². The van der Waals surface area contributed by atoms with Gasteiger partial charge in [-0.25, -0.2) is 26.2 Å². The summed E-state index contributed by atoms with van der Waals surface area (Å²) < 4.78 is 70.6. The molecule has 0 unspecified atom stereocenters. The van der Waals surface area contributed by atoms with Gasteiger partial charge in [-0.3, -0.25) is 4.31 Å². The lowest BCUT2D eigenvalue weighted by molar-refractivity contribution is 0.0725. The highest BCUT2D eigenvalue weighted by molar-refractivity contribution is 7.92. The van der Waals surface area contributed by atoms with Crippen LogP contribution < -0.4 is 9.04 Å². The molecule has 1 saturated heterocycles. The topological polar surface area (TPSA) is 96.9 Å². The van der Waals surface area contributed by atoms with Gasteiger partial charge in [0, 0.05) is 12.6 Å². The van der Waals surface area contributed by atoms with Gasteiger partial charge in [-0.15, -0.1) is 0 Å². The monoisotopic (exact) mass is 457 g/mol. The third kappa shape index (κ3) is 5.08. The minimum Gasteiger partial charge on any atom is -0.472 e. The standard InChI is InChI=1S/C19H24FN3O5S2/c1-14(2)11-23(16-6-4-15(20)5-7-16)30(26,27)18-8-9-19(21-10-18)28-17-12-22(13-17)29(3,24)25/h4-10,14,17H,11-13H2,1-3H3. The molecule has 8 nitrogen and oxygen atoms in total. The highest BCUT2D eigenvalue weighted by atomic mass is 32.2. The van der Waals surface area contributed by atoms with Crippen molar-refractivity contribution in [1.82, 2.24) is 9.29 Å². The Kier molecular flexibility index (Phi) is 6.34. The summed E-state index contributed by atoms with van der Waals surface area (Å²) in [5.41, 5.74) is 0.362. The van der Waals surface area contributed by atoms with Crippen molar-refractivity contribution in [1.29, 1.82) is 0 Å². The van der Waals surface area contributed by atoms with Gasteiger partial charge in [-0.1, -0.05) is 13.8 Å². The maximum Gasteiger partial charge on any atom is 0.265 e. The van der Waals surface area contributed by atoms with Crippen molar-refractivity contribution in [3.05, 3.63) is 48.4 Å². The lowest BCUT2D eigenvalue weighted by Crippen LogP contribution is -2.55. The van der Waals surface area contributed by atoms with Crippen LogP contribution in [0.4, 0.5) is 10.1 Å². The molecule has 0 bridgehead atoms. The molecular formula is C19H24FN3O5S2. The molecule has 164 valence electrons. The number of aromatic nitrogens is 1. The van der Waals surface area contributed by atoms with Crippen molar-refractivity contribution in [2.75, 3.05) is 30.2 Å². The fourth-order valence-corrected chi connectivity index (χ4v) is 5.36. The van der Waals surface area contributed by atoms with E-state index in [1.165, 1.54) is 51.2 Å². The molecule has 0 saturated carbocycles. The Morgan fingerprint density at radius 2 is 1.77 bits per heavy atom. The molecule has 11 heteroatoms. The van der Waals surface area contributed by atoms with Gasteiger partial charge in [0.15, 0.2) is 0 Å². The molecule has 0 aliphatic carbocycles. The molecular weight excluding hydrogens is 433 g/mol. The van der Waals surface area contributed by atoms with Crippen molar-refractivity contribution >= 4 is 25.7 Å². The number of ether oxygens (including phenoxy) is 1. The second kappa shape index (κ2) is 8.48. The number of benzene rings is 1. The fourth-order valence-electron chi connectivity index (χ4n) is 2.91. The predicted octanol–water partition coefficient (Wildman–Crippen LogP) is 2.09. The number of pyridine rings is 1. The summed E-state index contributed by atoms with van der Waals surface area (Å²) in [5.74, 6) is -0.199. The van der Waals surface area contributed by atoms with Gasteiger partial charge in [0.1, 0.15) is 16.8 Å². The molecule has 0 radical (unpaired) electrons. The Balaban J connectivity index is 1.76. The van der Waals surface area contributed by atoms with Crippen LogP contribution in [0.1, 0.15) is 13.8 Å². The van der Waals surface area contributed by atoms with Gasteiger partial charge in [-0.2, -0.15) is 4.31 Å². The fraction of sp³-hybridized carbons (Fsp3) is 0.421. The van der Waals surface area contributed by atoms with Crippen molar-refractivity contribution in [2.24, 2.45) is 5.92 Å². The molecule has 2 heterocycles. The van der Waals surface area contributed by atoms with E-state index in [0.717, 1.165) is 6.26 Å². The molecule has 1 aromatic heterocycles. The Morgan fingerprint density at radius 1 is 1.13 bits per heavy atom. The Bertz CT molecular complexity index is 1080. The van der Waals surface area contributed by atoms with Crippen molar-refractivity contribution < 1.29 is 26.0 Å². The van der Waals surface area contributed by atoms with Crippen LogP contribution in [0, 0.1) is 11.7 Å². The SMILES string of the molecule is CC(C)CN(c1ccc(F)cc1)S(=O)(=O)c1ccc(OC2CN(S(C)(=O)=O)C2)nc1. The molecule has 0 amide bonds. The van der Waals surface area contributed by atoms with E-state index >= 15 is 0 Å². The van der Waals surface area contributed by atoms with Crippen LogP contribution in [0.15, 0.2) is 47.5 Å². The van der Waals surface area contributed by atoms with E-state index in [0.29, 0.717) is 5.69 Å². The molecule has 1 aliphatic rings. The Labute approximate surface area is 176 Å². The zero-order valence-electron chi connectivity index (χ0n) is 16.9. The van der Waals surface area contributed by atoms with Crippen LogP contribution in [0.25, 0.3) is 0 Å². The van der Waals surface area contributed by atoms with E-state index in [1.54, 1.807) is 0 Å². The van der Waals surface area contributed by atoms with Gasteiger partial charge in [0.25, 0.3) is 10.0 Å². The van der Waals surface area contributed by atoms with E-state index in [4.69, 9.17) is 4.74 Å². The molecule has 1 aromatic carbocycles. The van der Waals surface area contributed by atoms with Gasteiger partial charge in [0.05, 0.1) is 31.2 Å². The summed E-state index contributed by atoms with van der Waals surface area (Å²) in [6, 6.07) is 8.10. The van der Waals surface area contributed by atoms with Crippen LogP contribution in [0.5, 0.6) is 5.88 Å². The molecule has 1 fully saturated rings. The minimum atomic E-state index is -3.92. The normalized spacial score (nSPS) is 15.8. The first-order valence-electron chi connectivity index (χ1n) is 9.33. The summed E-state index contributed by atoms with van der Waals surface area (Å²) in [4.78, 5) is 4.05. The summed E-state index contributed by atoms with van der Waals surface area (Å²) in [6.45, 7) is 4.45. The summed E-state index contributed by atoms with van der Waals surface area (Å²) >= 11 is 0. The molecule has 0 N–H and O–H groups in total. The molecule has 0 atom stereocenters. The van der Waals surface area contributed by atoms with Crippen LogP contribution in [-0.4, -0.2) is 58.1 Å². The largest absolute Gasteiger partial charge is 0.472 e. The zero-order chi connectivity index (χ0) is 22.1. The Hall–Kier alpha value is -2.24. The number of hydrogen-bond donors (Lipinski definition) is 0. The highest BCUT2D eigenvalue weighted by Gasteiger charge is 2.35. The average Bonchev–Trinajstić information content (AvgIpc) is 2.62. The van der Waals surface area contributed by atoms with Crippen LogP contribution in [0.3, 0.4) is 0 Å². The first-order valence-corrected chi connectivity index (χ1v) is 12.6. The lowest BCUT2D eigenvalue weighted by Gasteiger charge is -2.36. The maximum atomic E-state index is 13.3. The predicted molar refractivity (Wildman–Crippen MR) is 111 cm³/mol. The van der Waals surface area contributed by atoms with Gasteiger partial charge >= 0.3 is 0 Å². The third-order valence-corrected chi connectivity index (χ3v) is 7.53. The van der Waals surface area contributed by atoms with Crippen molar-refractivity contribution in [3.8, 4) is 5.88 Å². The van der Waals surface area contributed by atoms with E-state index in [2.05, 4.69) is 4.98 Å². The van der Waals surface area contributed by atoms with E-state index in [9.17, 15) is 21.2 Å². The number of hydrogen-bond acceptors (Lipinski definition) is 6. The van der Waals surface area contributed by atoms with E-state index < -0.39 is 25.9 Å². The zero-order valence-corrected chi connectivity index (χ0v) is 18.5. The summed E-state index contributed by atoms with van der Waals surface area (Å²) in [5, 5.41) is 0. The van der Waals surface area contributed by atoms with Gasteiger partial charge < -0.3 is 4.74 Å². The number of sulfonamides is 2. The second-order valence-corrected chi connectivity index (χ2v) is 11.4. The molecule has 2 aromatic rings. The van der Waals surface area contributed by atoms with Crippen molar-refractivity contribution in [3.63, 3.8) is 0 Å².